The van der Waals surface area contributed by atoms with E-state index in [1.165, 1.54) is 25.7 Å². The smallest absolute Gasteiger partial charge is 0.407 e. The molecule has 140 valence electrons. The molecule has 0 saturated carbocycles. The SMILES string of the molecule is CC(C)CC(CNC(=O)OC(C)(C)C)NC1CC2CCC(C1)N2C. The highest BCUT2D eigenvalue weighted by atomic mass is 16.6. The van der Waals surface area contributed by atoms with Crippen molar-refractivity contribution in [2.45, 2.75) is 96.5 Å². The second kappa shape index (κ2) is 8.05. The van der Waals surface area contributed by atoms with E-state index in [1.807, 2.05) is 20.8 Å². The van der Waals surface area contributed by atoms with Crippen LogP contribution in [0.3, 0.4) is 0 Å². The standard InChI is InChI=1S/C19H37N3O2/c1-13(2)9-15(12-20-18(23)24-19(3,4)5)21-14-10-16-7-8-17(11-14)22(16)6/h13-17,21H,7-12H2,1-6H3,(H,20,23). The van der Waals surface area contributed by atoms with E-state index in [9.17, 15) is 4.79 Å². The van der Waals surface area contributed by atoms with Gasteiger partial charge in [-0.2, -0.15) is 0 Å². The maximum Gasteiger partial charge on any atom is 0.407 e. The minimum absolute atomic E-state index is 0.310. The molecule has 2 saturated heterocycles. The maximum atomic E-state index is 11.9. The number of alkyl carbamates (subject to hydrolysis) is 1. The van der Waals surface area contributed by atoms with Crippen molar-refractivity contribution in [1.29, 1.82) is 0 Å². The number of ether oxygens (including phenoxy) is 1. The van der Waals surface area contributed by atoms with E-state index in [1.54, 1.807) is 0 Å². The second-order valence-corrected chi connectivity index (χ2v) is 9.09. The molecule has 0 aromatic heterocycles. The van der Waals surface area contributed by atoms with Crippen LogP contribution in [0, 0.1) is 5.92 Å². The number of fused-ring (bicyclic) bond motifs is 2. The summed E-state index contributed by atoms with van der Waals surface area (Å²) in [6.45, 7) is 10.8. The van der Waals surface area contributed by atoms with Crippen LogP contribution in [0.15, 0.2) is 0 Å². The van der Waals surface area contributed by atoms with Gasteiger partial charge in [0.05, 0.1) is 0 Å². The molecule has 24 heavy (non-hydrogen) atoms. The molecule has 0 aromatic carbocycles. The van der Waals surface area contributed by atoms with Crippen LogP contribution in [0.25, 0.3) is 0 Å². The number of carbonyl (C=O) groups is 1. The van der Waals surface area contributed by atoms with Crippen molar-refractivity contribution < 1.29 is 9.53 Å². The lowest BCUT2D eigenvalue weighted by molar-refractivity contribution is 0.0517. The van der Waals surface area contributed by atoms with Crippen LogP contribution in [0.5, 0.6) is 0 Å². The van der Waals surface area contributed by atoms with Gasteiger partial charge in [-0.05, 0) is 65.8 Å². The molecule has 0 aliphatic carbocycles. The van der Waals surface area contributed by atoms with Crippen LogP contribution in [-0.4, -0.2) is 54.4 Å². The van der Waals surface area contributed by atoms with E-state index >= 15 is 0 Å². The Morgan fingerprint density at radius 3 is 2.29 bits per heavy atom. The Morgan fingerprint density at radius 1 is 1.21 bits per heavy atom. The molecule has 0 radical (unpaired) electrons. The van der Waals surface area contributed by atoms with Gasteiger partial charge in [0, 0.05) is 30.7 Å². The Bertz CT molecular complexity index is 405. The molecule has 2 bridgehead atoms. The summed E-state index contributed by atoms with van der Waals surface area (Å²) in [6.07, 6.45) is 5.88. The fourth-order valence-corrected chi connectivity index (χ4v) is 4.18. The minimum Gasteiger partial charge on any atom is -0.444 e. The zero-order valence-electron chi connectivity index (χ0n) is 16.4. The van der Waals surface area contributed by atoms with E-state index in [2.05, 4.69) is 36.4 Å². The van der Waals surface area contributed by atoms with E-state index in [4.69, 9.17) is 4.74 Å². The van der Waals surface area contributed by atoms with Crippen molar-refractivity contribution in [2.24, 2.45) is 5.92 Å². The summed E-state index contributed by atoms with van der Waals surface area (Å²) >= 11 is 0. The fraction of sp³-hybridized carbons (Fsp3) is 0.947. The van der Waals surface area contributed by atoms with E-state index in [0.29, 0.717) is 24.5 Å². The molecule has 1 amide bonds. The largest absolute Gasteiger partial charge is 0.444 e. The molecule has 2 N–H and O–H groups in total. The molecule has 2 heterocycles. The van der Waals surface area contributed by atoms with Crippen LogP contribution in [-0.2, 0) is 4.74 Å². The molecule has 3 atom stereocenters. The molecular formula is C19H37N3O2. The van der Waals surface area contributed by atoms with Gasteiger partial charge in [-0.15, -0.1) is 0 Å². The highest BCUT2D eigenvalue weighted by molar-refractivity contribution is 5.67. The van der Waals surface area contributed by atoms with E-state index in [-0.39, 0.29) is 6.09 Å². The fourth-order valence-electron chi connectivity index (χ4n) is 4.18. The number of rotatable bonds is 6. The van der Waals surface area contributed by atoms with Crippen LogP contribution < -0.4 is 10.6 Å². The van der Waals surface area contributed by atoms with Crippen molar-refractivity contribution in [3.05, 3.63) is 0 Å². The topological polar surface area (TPSA) is 53.6 Å². The third kappa shape index (κ3) is 5.92. The monoisotopic (exact) mass is 339 g/mol. The Hall–Kier alpha value is -0.810. The van der Waals surface area contributed by atoms with Gasteiger partial charge in [-0.1, -0.05) is 13.8 Å². The molecule has 2 rings (SSSR count). The maximum absolute atomic E-state index is 11.9. The summed E-state index contributed by atoms with van der Waals surface area (Å²) in [5.74, 6) is 0.603. The summed E-state index contributed by atoms with van der Waals surface area (Å²) < 4.78 is 5.36. The zero-order chi connectivity index (χ0) is 17.9. The number of piperidine rings is 1. The zero-order valence-corrected chi connectivity index (χ0v) is 16.4. The number of carbonyl (C=O) groups excluding carboxylic acids is 1. The number of hydrogen-bond acceptors (Lipinski definition) is 4. The first kappa shape index (κ1) is 19.5. The first-order valence-corrected chi connectivity index (χ1v) is 9.59. The molecule has 0 aromatic rings. The number of nitrogens with one attached hydrogen (secondary N) is 2. The highest BCUT2D eigenvalue weighted by Crippen LogP contribution is 2.34. The first-order chi connectivity index (χ1) is 11.1. The Kier molecular flexibility index (Phi) is 6.54. The summed E-state index contributed by atoms with van der Waals surface area (Å²) in [7, 11) is 2.27. The van der Waals surface area contributed by atoms with Gasteiger partial charge < -0.3 is 20.3 Å². The first-order valence-electron chi connectivity index (χ1n) is 9.59. The van der Waals surface area contributed by atoms with E-state index < -0.39 is 5.60 Å². The molecule has 2 aliphatic heterocycles. The second-order valence-electron chi connectivity index (χ2n) is 9.09. The van der Waals surface area contributed by atoms with Crippen molar-refractivity contribution in [3.63, 3.8) is 0 Å². The lowest BCUT2D eigenvalue weighted by Gasteiger charge is -2.38. The van der Waals surface area contributed by atoms with Crippen molar-refractivity contribution in [1.82, 2.24) is 15.5 Å². The van der Waals surface area contributed by atoms with Crippen molar-refractivity contribution in [3.8, 4) is 0 Å². The average Bonchev–Trinajstić information content (AvgIpc) is 2.66. The van der Waals surface area contributed by atoms with Gasteiger partial charge in [-0.25, -0.2) is 4.79 Å². The van der Waals surface area contributed by atoms with Gasteiger partial charge in [0.15, 0.2) is 0 Å². The van der Waals surface area contributed by atoms with Crippen LogP contribution >= 0.6 is 0 Å². The third-order valence-electron chi connectivity index (χ3n) is 5.22. The third-order valence-corrected chi connectivity index (χ3v) is 5.22. The Labute approximate surface area is 147 Å². The number of amides is 1. The molecule has 5 nitrogen and oxygen atoms in total. The van der Waals surface area contributed by atoms with Crippen LogP contribution in [0.4, 0.5) is 4.79 Å². The minimum atomic E-state index is -0.446. The molecule has 3 unspecified atom stereocenters. The lowest BCUT2D eigenvalue weighted by atomic mass is 9.95. The summed E-state index contributed by atoms with van der Waals surface area (Å²) in [5.41, 5.74) is -0.446. The molecular weight excluding hydrogens is 302 g/mol. The lowest BCUT2D eigenvalue weighted by Crippen LogP contribution is -2.52. The van der Waals surface area contributed by atoms with Gasteiger partial charge in [0.1, 0.15) is 5.60 Å². The highest BCUT2D eigenvalue weighted by Gasteiger charge is 2.38. The molecule has 2 fully saturated rings. The summed E-state index contributed by atoms with van der Waals surface area (Å²) in [6, 6.07) is 2.35. The Morgan fingerprint density at radius 2 is 1.79 bits per heavy atom. The van der Waals surface area contributed by atoms with Crippen LogP contribution in [0.2, 0.25) is 0 Å². The quantitative estimate of drug-likeness (QED) is 0.780. The Balaban J connectivity index is 1.83. The summed E-state index contributed by atoms with van der Waals surface area (Å²) in [5, 5.41) is 6.78. The normalized spacial score (nSPS) is 28.9. The predicted molar refractivity (Wildman–Crippen MR) is 98.2 cm³/mol. The van der Waals surface area contributed by atoms with Crippen LogP contribution in [0.1, 0.15) is 66.7 Å². The van der Waals surface area contributed by atoms with Gasteiger partial charge >= 0.3 is 6.09 Å². The van der Waals surface area contributed by atoms with Crippen molar-refractivity contribution in [2.75, 3.05) is 13.6 Å². The number of nitrogens with zero attached hydrogens (tertiary/aromatic N) is 1. The molecule has 0 spiro atoms. The average molecular weight is 340 g/mol. The van der Waals surface area contributed by atoms with E-state index in [0.717, 1.165) is 18.5 Å². The van der Waals surface area contributed by atoms with Gasteiger partial charge in [-0.3, -0.25) is 0 Å². The molecule has 5 heteroatoms. The predicted octanol–water partition coefficient (Wildman–Crippen LogP) is 3.14. The van der Waals surface area contributed by atoms with Crippen molar-refractivity contribution >= 4 is 6.09 Å². The summed E-state index contributed by atoms with van der Waals surface area (Å²) in [4.78, 5) is 14.5. The number of hydrogen-bond donors (Lipinski definition) is 2. The van der Waals surface area contributed by atoms with Gasteiger partial charge in [0.2, 0.25) is 0 Å². The van der Waals surface area contributed by atoms with Gasteiger partial charge in [0.25, 0.3) is 0 Å². The molecule has 2 aliphatic rings.